The monoisotopic (exact) mass is 235 g/mol. The molecule has 1 rings (SSSR count). The Morgan fingerprint density at radius 2 is 1.62 bits per heavy atom. The highest BCUT2D eigenvalue weighted by atomic mass is 19.3. The van der Waals surface area contributed by atoms with Gasteiger partial charge in [-0.2, -0.15) is 0 Å². The van der Waals surface area contributed by atoms with Crippen LogP contribution in [-0.4, -0.2) is 22.7 Å². The second kappa shape index (κ2) is 3.86. The predicted molar refractivity (Wildman–Crippen MR) is 56.8 cm³/mol. The minimum absolute atomic E-state index is 0.190. The van der Waals surface area contributed by atoms with Gasteiger partial charge in [-0.1, -0.05) is 20.8 Å². The summed E-state index contributed by atoms with van der Waals surface area (Å²) in [7, 11) is 0. The Morgan fingerprint density at radius 3 is 1.94 bits per heavy atom. The lowest BCUT2D eigenvalue weighted by Crippen LogP contribution is -2.59. The first-order valence-electron chi connectivity index (χ1n) is 5.47. The molecule has 1 aliphatic rings. The molecule has 0 spiro atoms. The zero-order chi connectivity index (χ0) is 12.6. The van der Waals surface area contributed by atoms with Crippen LogP contribution in [-0.2, 0) is 0 Å². The highest BCUT2D eigenvalue weighted by Crippen LogP contribution is 2.46. The van der Waals surface area contributed by atoms with E-state index < -0.39 is 17.6 Å². The third kappa shape index (κ3) is 2.62. The van der Waals surface area contributed by atoms with Crippen LogP contribution in [0.1, 0.15) is 46.5 Å². The van der Waals surface area contributed by atoms with E-state index in [0.717, 1.165) is 0 Å². The lowest BCUT2D eigenvalue weighted by molar-refractivity contribution is -0.0734. The quantitative estimate of drug-likeness (QED) is 0.733. The fourth-order valence-corrected chi connectivity index (χ4v) is 2.31. The van der Waals surface area contributed by atoms with E-state index >= 15 is 0 Å². The molecular weight excluding hydrogens is 216 g/mol. The number of amides is 1. The zero-order valence-electron chi connectivity index (χ0n) is 9.94. The van der Waals surface area contributed by atoms with E-state index in [4.69, 9.17) is 5.11 Å². The Balaban J connectivity index is 2.87. The van der Waals surface area contributed by atoms with Crippen molar-refractivity contribution in [2.45, 2.75) is 57.9 Å². The van der Waals surface area contributed by atoms with Gasteiger partial charge in [0.25, 0.3) is 0 Å². The standard InChI is InChI=1S/C11H19F2NO2/c1-9(2,3)10(14-8(15)16)4-6-11(12,13)7-5-10/h14H,4-7H2,1-3H3,(H,15,16). The first-order valence-corrected chi connectivity index (χ1v) is 5.47. The Hall–Kier alpha value is -0.870. The second-order valence-electron chi connectivity index (χ2n) is 5.62. The van der Waals surface area contributed by atoms with Crippen LogP contribution >= 0.6 is 0 Å². The number of hydrogen-bond acceptors (Lipinski definition) is 1. The fraction of sp³-hybridized carbons (Fsp3) is 0.909. The van der Waals surface area contributed by atoms with Crippen LogP contribution in [0.3, 0.4) is 0 Å². The summed E-state index contributed by atoms with van der Waals surface area (Å²) in [5.74, 6) is -2.64. The van der Waals surface area contributed by atoms with Crippen LogP contribution in [0.5, 0.6) is 0 Å². The van der Waals surface area contributed by atoms with Crippen molar-refractivity contribution < 1.29 is 18.7 Å². The molecule has 0 heterocycles. The predicted octanol–water partition coefficient (Wildman–Crippen LogP) is 3.25. The van der Waals surface area contributed by atoms with Crippen molar-refractivity contribution in [1.29, 1.82) is 0 Å². The van der Waals surface area contributed by atoms with Crippen LogP contribution in [0, 0.1) is 5.41 Å². The van der Waals surface area contributed by atoms with Gasteiger partial charge in [0, 0.05) is 18.4 Å². The van der Waals surface area contributed by atoms with Crippen molar-refractivity contribution in [2.75, 3.05) is 0 Å². The summed E-state index contributed by atoms with van der Waals surface area (Å²) in [4.78, 5) is 10.8. The summed E-state index contributed by atoms with van der Waals surface area (Å²) in [5.41, 5.74) is -1.09. The van der Waals surface area contributed by atoms with Gasteiger partial charge in [-0.3, -0.25) is 0 Å². The molecule has 1 fully saturated rings. The van der Waals surface area contributed by atoms with Gasteiger partial charge in [0.05, 0.1) is 0 Å². The SMILES string of the molecule is CC(C)(C)C1(NC(=O)O)CCC(F)(F)CC1. The molecule has 0 atom stereocenters. The summed E-state index contributed by atoms with van der Waals surface area (Å²) in [6.45, 7) is 5.64. The Labute approximate surface area is 94.2 Å². The molecule has 0 aromatic rings. The maximum atomic E-state index is 13.1. The number of hydrogen-bond donors (Lipinski definition) is 2. The molecule has 94 valence electrons. The summed E-state index contributed by atoms with van der Waals surface area (Å²) in [6, 6.07) is 0. The molecule has 1 aliphatic carbocycles. The van der Waals surface area contributed by atoms with Crippen molar-refractivity contribution in [3.63, 3.8) is 0 Å². The van der Waals surface area contributed by atoms with Gasteiger partial charge in [0.2, 0.25) is 5.92 Å². The van der Waals surface area contributed by atoms with Gasteiger partial charge in [0.1, 0.15) is 0 Å². The molecule has 0 aliphatic heterocycles. The molecule has 2 N–H and O–H groups in total. The number of halogens is 2. The Morgan fingerprint density at radius 1 is 1.19 bits per heavy atom. The molecule has 0 aromatic carbocycles. The average Bonchev–Trinajstić information content (AvgIpc) is 2.06. The Kier molecular flexibility index (Phi) is 3.18. The van der Waals surface area contributed by atoms with Crippen molar-refractivity contribution in [2.24, 2.45) is 5.41 Å². The van der Waals surface area contributed by atoms with Gasteiger partial charge in [0.15, 0.2) is 0 Å². The lowest BCUT2D eigenvalue weighted by Gasteiger charge is -2.48. The summed E-state index contributed by atoms with van der Waals surface area (Å²) in [5, 5.41) is 11.3. The summed E-state index contributed by atoms with van der Waals surface area (Å²) >= 11 is 0. The highest BCUT2D eigenvalue weighted by molar-refractivity contribution is 5.65. The van der Waals surface area contributed by atoms with Gasteiger partial charge in [-0.25, -0.2) is 13.6 Å². The first kappa shape index (κ1) is 13.2. The van der Waals surface area contributed by atoms with E-state index in [2.05, 4.69) is 5.32 Å². The molecule has 1 saturated carbocycles. The molecule has 0 bridgehead atoms. The van der Waals surface area contributed by atoms with E-state index in [0.29, 0.717) is 0 Å². The fourth-order valence-electron chi connectivity index (χ4n) is 2.31. The zero-order valence-corrected chi connectivity index (χ0v) is 9.94. The number of rotatable bonds is 1. The third-order valence-corrected chi connectivity index (χ3v) is 3.62. The van der Waals surface area contributed by atoms with Crippen molar-refractivity contribution in [3.8, 4) is 0 Å². The number of nitrogens with one attached hydrogen (secondary N) is 1. The average molecular weight is 235 g/mol. The lowest BCUT2D eigenvalue weighted by atomic mass is 9.65. The van der Waals surface area contributed by atoms with Crippen molar-refractivity contribution >= 4 is 6.09 Å². The number of carboxylic acid groups (broad SMARTS) is 1. The maximum Gasteiger partial charge on any atom is 0.405 e. The minimum Gasteiger partial charge on any atom is -0.465 e. The minimum atomic E-state index is -2.64. The topological polar surface area (TPSA) is 49.3 Å². The highest BCUT2D eigenvalue weighted by Gasteiger charge is 2.50. The second-order valence-corrected chi connectivity index (χ2v) is 5.62. The molecule has 0 saturated heterocycles. The maximum absolute atomic E-state index is 13.1. The number of alkyl halides is 2. The molecule has 0 aromatic heterocycles. The van der Waals surface area contributed by atoms with Crippen molar-refractivity contribution in [3.05, 3.63) is 0 Å². The molecule has 0 unspecified atom stereocenters. The van der Waals surface area contributed by atoms with Crippen molar-refractivity contribution in [1.82, 2.24) is 5.32 Å². The summed E-state index contributed by atoms with van der Waals surface area (Å²) < 4.78 is 26.2. The van der Waals surface area contributed by atoms with Gasteiger partial charge < -0.3 is 10.4 Å². The van der Waals surface area contributed by atoms with E-state index in [9.17, 15) is 13.6 Å². The molecule has 1 amide bonds. The first-order chi connectivity index (χ1) is 7.08. The molecule has 0 radical (unpaired) electrons. The van der Waals surface area contributed by atoms with Crippen LogP contribution < -0.4 is 5.32 Å². The molecule has 3 nitrogen and oxygen atoms in total. The molecule has 16 heavy (non-hydrogen) atoms. The molecule has 5 heteroatoms. The largest absolute Gasteiger partial charge is 0.465 e. The van der Waals surface area contributed by atoms with Crippen LogP contribution in [0.15, 0.2) is 0 Å². The van der Waals surface area contributed by atoms with Crippen LogP contribution in [0.25, 0.3) is 0 Å². The van der Waals surface area contributed by atoms with Crippen LogP contribution in [0.2, 0.25) is 0 Å². The van der Waals surface area contributed by atoms with Gasteiger partial charge >= 0.3 is 6.09 Å². The van der Waals surface area contributed by atoms with E-state index in [1.54, 1.807) is 0 Å². The van der Waals surface area contributed by atoms with E-state index in [1.165, 1.54) is 0 Å². The third-order valence-electron chi connectivity index (χ3n) is 3.62. The molecular formula is C11H19F2NO2. The van der Waals surface area contributed by atoms with Gasteiger partial charge in [-0.15, -0.1) is 0 Å². The normalized spacial score (nSPS) is 23.8. The Bertz CT molecular complexity index is 274. The number of carbonyl (C=O) groups is 1. The smallest absolute Gasteiger partial charge is 0.405 e. The van der Waals surface area contributed by atoms with E-state index in [1.807, 2.05) is 20.8 Å². The van der Waals surface area contributed by atoms with Gasteiger partial charge in [-0.05, 0) is 18.3 Å². The summed E-state index contributed by atoms with van der Waals surface area (Å²) in [6.07, 6.45) is -1.25. The van der Waals surface area contributed by atoms with Crippen LogP contribution in [0.4, 0.5) is 13.6 Å². The van der Waals surface area contributed by atoms with E-state index in [-0.39, 0.29) is 31.1 Å².